The van der Waals surface area contributed by atoms with Crippen LogP contribution in [0.5, 0.6) is 5.75 Å². The van der Waals surface area contributed by atoms with E-state index < -0.39 is 17.7 Å². The Balaban J connectivity index is 1.75. The summed E-state index contributed by atoms with van der Waals surface area (Å²) < 4.78 is 5.53. The van der Waals surface area contributed by atoms with Gasteiger partial charge in [-0.05, 0) is 57.0 Å². The van der Waals surface area contributed by atoms with Gasteiger partial charge in [-0.15, -0.1) is 0 Å². The van der Waals surface area contributed by atoms with E-state index in [0.29, 0.717) is 19.5 Å². The number of hydrogen-bond donors (Lipinski definition) is 1. The van der Waals surface area contributed by atoms with Crippen molar-refractivity contribution in [2.75, 3.05) is 38.1 Å². The van der Waals surface area contributed by atoms with E-state index in [1.165, 1.54) is 16.2 Å². The maximum Gasteiger partial charge on any atom is 0.410 e. The molecular formula is C26H35N3O4. The van der Waals surface area contributed by atoms with E-state index in [2.05, 4.69) is 24.0 Å². The summed E-state index contributed by atoms with van der Waals surface area (Å²) in [6, 6.07) is 14.3. The second-order valence-corrected chi connectivity index (χ2v) is 9.58. The standard InChI is InChI=1S/C26H35N3O4/c1-19-8-6-7-9-22(19)28-14-16-29(17-15-28)24(31)23(18-20-10-12-21(30)13-11-20)27(5)25(32)33-26(2,3)4/h6-13,23,30H,14-18H2,1-5H3. The molecule has 1 aliphatic heterocycles. The van der Waals surface area contributed by atoms with Gasteiger partial charge < -0.3 is 19.6 Å². The molecule has 0 aliphatic carbocycles. The summed E-state index contributed by atoms with van der Waals surface area (Å²) in [5.41, 5.74) is 2.61. The van der Waals surface area contributed by atoms with Crippen LogP contribution in [0.15, 0.2) is 48.5 Å². The first kappa shape index (κ1) is 24.4. The highest BCUT2D eigenvalue weighted by atomic mass is 16.6. The number of aryl methyl sites for hydroxylation is 1. The summed E-state index contributed by atoms with van der Waals surface area (Å²) in [5.74, 6) is 0.0651. The highest BCUT2D eigenvalue weighted by Crippen LogP contribution is 2.22. The summed E-state index contributed by atoms with van der Waals surface area (Å²) in [6.45, 7) is 10.2. The van der Waals surface area contributed by atoms with Crippen LogP contribution in [0.2, 0.25) is 0 Å². The Morgan fingerprint density at radius 2 is 1.64 bits per heavy atom. The number of ether oxygens (including phenoxy) is 1. The minimum atomic E-state index is -0.700. The smallest absolute Gasteiger partial charge is 0.410 e. The Labute approximate surface area is 196 Å². The normalized spacial score (nSPS) is 15.2. The molecule has 0 bridgehead atoms. The molecule has 2 aromatic carbocycles. The summed E-state index contributed by atoms with van der Waals surface area (Å²) in [4.78, 5) is 31.9. The van der Waals surface area contributed by atoms with Crippen LogP contribution in [0.25, 0.3) is 0 Å². The van der Waals surface area contributed by atoms with Crippen molar-refractivity contribution in [1.82, 2.24) is 9.80 Å². The van der Waals surface area contributed by atoms with Gasteiger partial charge in [0, 0.05) is 45.3 Å². The first-order valence-corrected chi connectivity index (χ1v) is 11.4. The lowest BCUT2D eigenvalue weighted by Gasteiger charge is -2.39. The van der Waals surface area contributed by atoms with E-state index in [9.17, 15) is 14.7 Å². The van der Waals surface area contributed by atoms with Crippen LogP contribution in [0.1, 0.15) is 31.9 Å². The lowest BCUT2D eigenvalue weighted by molar-refractivity contribution is -0.136. The molecule has 7 heteroatoms. The van der Waals surface area contributed by atoms with Crippen LogP contribution >= 0.6 is 0 Å². The number of para-hydroxylation sites is 1. The lowest BCUT2D eigenvalue weighted by atomic mass is 10.0. The number of rotatable bonds is 5. The van der Waals surface area contributed by atoms with Crippen LogP contribution < -0.4 is 4.90 Å². The minimum absolute atomic E-state index is 0.0964. The van der Waals surface area contributed by atoms with Gasteiger partial charge in [-0.25, -0.2) is 4.79 Å². The van der Waals surface area contributed by atoms with Gasteiger partial charge in [-0.2, -0.15) is 0 Å². The molecule has 1 fully saturated rings. The Kier molecular flexibility index (Phi) is 7.51. The monoisotopic (exact) mass is 453 g/mol. The van der Waals surface area contributed by atoms with Crippen molar-refractivity contribution in [1.29, 1.82) is 0 Å². The number of phenolic OH excluding ortho intramolecular Hbond substituents is 1. The third-order valence-corrected chi connectivity index (χ3v) is 5.85. The maximum atomic E-state index is 13.6. The van der Waals surface area contributed by atoms with Gasteiger partial charge in [0.05, 0.1) is 0 Å². The number of phenols is 1. The molecule has 178 valence electrons. The van der Waals surface area contributed by atoms with Crippen LogP contribution in [0.4, 0.5) is 10.5 Å². The lowest BCUT2D eigenvalue weighted by Crippen LogP contribution is -2.56. The number of carbonyl (C=O) groups is 2. The van der Waals surface area contributed by atoms with E-state index in [1.807, 2.05) is 17.0 Å². The summed E-state index contributed by atoms with van der Waals surface area (Å²) in [5, 5.41) is 9.60. The molecular weight excluding hydrogens is 418 g/mol. The topological polar surface area (TPSA) is 73.3 Å². The zero-order chi connectivity index (χ0) is 24.2. The van der Waals surface area contributed by atoms with E-state index in [0.717, 1.165) is 18.7 Å². The number of anilines is 1. The number of nitrogens with zero attached hydrogens (tertiary/aromatic N) is 3. The second-order valence-electron chi connectivity index (χ2n) is 9.58. The number of piperazine rings is 1. The van der Waals surface area contributed by atoms with E-state index in [-0.39, 0.29) is 11.7 Å². The largest absolute Gasteiger partial charge is 0.508 e. The van der Waals surface area contributed by atoms with Crippen LogP contribution in [-0.4, -0.2) is 71.8 Å². The quantitative estimate of drug-likeness (QED) is 0.745. The number of benzene rings is 2. The van der Waals surface area contributed by atoms with Gasteiger partial charge in [0.2, 0.25) is 5.91 Å². The zero-order valence-electron chi connectivity index (χ0n) is 20.2. The molecule has 3 rings (SSSR count). The zero-order valence-corrected chi connectivity index (χ0v) is 20.2. The first-order valence-electron chi connectivity index (χ1n) is 11.4. The van der Waals surface area contributed by atoms with E-state index in [1.54, 1.807) is 52.1 Å². The third-order valence-electron chi connectivity index (χ3n) is 5.85. The fourth-order valence-electron chi connectivity index (χ4n) is 4.00. The van der Waals surface area contributed by atoms with Crippen molar-refractivity contribution in [3.8, 4) is 5.75 Å². The number of likely N-dealkylation sites (N-methyl/N-ethyl adjacent to an activating group) is 1. The average Bonchev–Trinajstić information content (AvgIpc) is 2.77. The van der Waals surface area contributed by atoms with Gasteiger partial charge in [0.15, 0.2) is 0 Å². The van der Waals surface area contributed by atoms with Crippen molar-refractivity contribution in [2.24, 2.45) is 0 Å². The average molecular weight is 454 g/mol. The van der Waals surface area contributed by atoms with E-state index >= 15 is 0 Å². The molecule has 1 aliphatic rings. The van der Waals surface area contributed by atoms with Crippen LogP contribution in [0, 0.1) is 6.92 Å². The van der Waals surface area contributed by atoms with Crippen molar-refractivity contribution in [3.63, 3.8) is 0 Å². The Bertz CT molecular complexity index is 960. The van der Waals surface area contributed by atoms with Crippen LogP contribution in [0.3, 0.4) is 0 Å². The van der Waals surface area contributed by atoms with Gasteiger partial charge >= 0.3 is 6.09 Å². The number of amides is 2. The van der Waals surface area contributed by atoms with Gasteiger partial charge in [-0.3, -0.25) is 9.69 Å². The number of carbonyl (C=O) groups excluding carboxylic acids is 2. The van der Waals surface area contributed by atoms with Crippen molar-refractivity contribution in [2.45, 2.75) is 45.8 Å². The van der Waals surface area contributed by atoms with Crippen molar-refractivity contribution < 1.29 is 19.4 Å². The molecule has 1 atom stereocenters. The molecule has 1 unspecified atom stereocenters. The summed E-state index contributed by atoms with van der Waals surface area (Å²) >= 11 is 0. The molecule has 7 nitrogen and oxygen atoms in total. The minimum Gasteiger partial charge on any atom is -0.508 e. The molecule has 0 radical (unpaired) electrons. The fraction of sp³-hybridized carbons (Fsp3) is 0.462. The second kappa shape index (κ2) is 10.1. The maximum absolute atomic E-state index is 13.6. The Morgan fingerprint density at radius 3 is 2.21 bits per heavy atom. The molecule has 2 aromatic rings. The van der Waals surface area contributed by atoms with Crippen molar-refractivity contribution >= 4 is 17.7 Å². The van der Waals surface area contributed by atoms with Gasteiger partial charge in [-0.1, -0.05) is 30.3 Å². The van der Waals surface area contributed by atoms with Gasteiger partial charge in [0.1, 0.15) is 17.4 Å². The van der Waals surface area contributed by atoms with Crippen molar-refractivity contribution in [3.05, 3.63) is 59.7 Å². The number of aromatic hydroxyl groups is 1. The molecule has 1 heterocycles. The molecule has 33 heavy (non-hydrogen) atoms. The predicted molar refractivity (Wildman–Crippen MR) is 130 cm³/mol. The molecule has 1 N–H and O–H groups in total. The van der Waals surface area contributed by atoms with E-state index in [4.69, 9.17) is 4.74 Å². The summed E-state index contributed by atoms with van der Waals surface area (Å²) in [7, 11) is 1.61. The molecule has 2 amide bonds. The third kappa shape index (κ3) is 6.40. The SMILES string of the molecule is Cc1ccccc1N1CCN(C(=O)C(Cc2ccc(O)cc2)N(C)C(=O)OC(C)(C)C)CC1. The molecule has 0 saturated carbocycles. The van der Waals surface area contributed by atoms with Crippen LogP contribution in [-0.2, 0) is 16.0 Å². The number of hydrogen-bond acceptors (Lipinski definition) is 5. The van der Waals surface area contributed by atoms with Gasteiger partial charge in [0.25, 0.3) is 0 Å². The fourth-order valence-corrected chi connectivity index (χ4v) is 4.00. The highest BCUT2D eigenvalue weighted by molar-refractivity contribution is 5.86. The highest BCUT2D eigenvalue weighted by Gasteiger charge is 2.34. The predicted octanol–water partition coefficient (Wildman–Crippen LogP) is 3.83. The Morgan fingerprint density at radius 1 is 1.03 bits per heavy atom. The molecule has 0 aromatic heterocycles. The first-order chi connectivity index (χ1) is 15.5. The molecule has 0 spiro atoms. The molecule has 1 saturated heterocycles. The Hall–Kier alpha value is -3.22. The summed E-state index contributed by atoms with van der Waals surface area (Å²) in [6.07, 6.45) is -0.189.